The highest BCUT2D eigenvalue weighted by Crippen LogP contribution is 2.16. The molecule has 0 aromatic carbocycles. The first-order chi connectivity index (χ1) is 6.25. The summed E-state index contributed by atoms with van der Waals surface area (Å²) in [6.07, 6.45) is 5.05. The van der Waals surface area contributed by atoms with Gasteiger partial charge in [0.05, 0.1) is 0 Å². The Morgan fingerprint density at radius 2 is 2.15 bits per heavy atom. The molecule has 0 N–H and O–H groups in total. The lowest BCUT2D eigenvalue weighted by Gasteiger charge is -2.00. The maximum atomic E-state index is 4.03. The van der Waals surface area contributed by atoms with Crippen LogP contribution in [0.3, 0.4) is 0 Å². The van der Waals surface area contributed by atoms with Crippen LogP contribution >= 0.6 is 38.5 Å². The zero-order valence-corrected chi connectivity index (χ0v) is 11.4. The Morgan fingerprint density at radius 1 is 1.38 bits per heavy atom. The minimum absolute atomic E-state index is 0.938. The molecule has 1 aromatic heterocycles. The molecule has 0 saturated carbocycles. The molecule has 0 aliphatic heterocycles. The molecule has 1 heterocycles. The fourth-order valence-corrected chi connectivity index (χ4v) is 1.81. The van der Waals surface area contributed by atoms with E-state index in [-0.39, 0.29) is 0 Å². The van der Waals surface area contributed by atoms with E-state index in [1.165, 1.54) is 25.7 Å². The number of aryl methyl sites for hydroxylation is 1. The highest BCUT2D eigenvalue weighted by Gasteiger charge is 2.05. The van der Waals surface area contributed by atoms with Crippen molar-refractivity contribution in [1.82, 2.24) is 15.0 Å². The second kappa shape index (κ2) is 5.95. The molecule has 5 heteroatoms. The molecule has 13 heavy (non-hydrogen) atoms. The maximum absolute atomic E-state index is 4.03. The van der Waals surface area contributed by atoms with Crippen LogP contribution in [0.1, 0.15) is 32.6 Å². The van der Waals surface area contributed by atoms with Gasteiger partial charge in [-0.1, -0.05) is 31.4 Å². The van der Waals surface area contributed by atoms with Crippen LogP contribution in [0.5, 0.6) is 0 Å². The summed E-state index contributed by atoms with van der Waals surface area (Å²) in [5.41, 5.74) is 0. The van der Waals surface area contributed by atoms with Crippen LogP contribution in [-0.2, 0) is 6.54 Å². The van der Waals surface area contributed by atoms with E-state index in [0.29, 0.717) is 0 Å². The van der Waals surface area contributed by atoms with E-state index in [9.17, 15) is 0 Å². The Kier molecular flexibility index (Phi) is 5.23. The van der Waals surface area contributed by atoms with E-state index >= 15 is 0 Å². The van der Waals surface area contributed by atoms with Crippen molar-refractivity contribution in [2.45, 2.75) is 39.2 Å². The Balaban J connectivity index is 2.32. The van der Waals surface area contributed by atoms with Crippen molar-refractivity contribution >= 4 is 38.5 Å². The van der Waals surface area contributed by atoms with Crippen molar-refractivity contribution in [3.05, 3.63) is 8.30 Å². The SMILES string of the molecule is CCCCCCn1nnc(I)c1Br. The minimum atomic E-state index is 0.938. The van der Waals surface area contributed by atoms with Crippen LogP contribution in [0.25, 0.3) is 0 Å². The van der Waals surface area contributed by atoms with E-state index in [2.05, 4.69) is 55.8 Å². The number of nitrogens with zero attached hydrogens (tertiary/aromatic N) is 3. The first-order valence-electron chi connectivity index (χ1n) is 4.50. The number of rotatable bonds is 5. The number of unbranched alkanes of at least 4 members (excludes halogenated alkanes) is 3. The van der Waals surface area contributed by atoms with E-state index in [4.69, 9.17) is 0 Å². The summed E-state index contributed by atoms with van der Waals surface area (Å²) in [6.45, 7) is 3.19. The Morgan fingerprint density at radius 3 is 2.69 bits per heavy atom. The number of hydrogen-bond donors (Lipinski definition) is 0. The average Bonchev–Trinajstić information content (AvgIpc) is 2.43. The monoisotopic (exact) mass is 357 g/mol. The van der Waals surface area contributed by atoms with Gasteiger partial charge in [-0.2, -0.15) is 0 Å². The van der Waals surface area contributed by atoms with Gasteiger partial charge in [-0.3, -0.25) is 0 Å². The predicted molar refractivity (Wildman–Crippen MR) is 64.6 cm³/mol. The molecule has 0 atom stereocenters. The predicted octanol–water partition coefficient (Wildman–Crippen LogP) is 3.23. The largest absolute Gasteiger partial charge is 0.237 e. The first-order valence-corrected chi connectivity index (χ1v) is 6.37. The summed E-state index contributed by atoms with van der Waals surface area (Å²) in [5, 5.41) is 7.99. The third-order valence-corrected chi connectivity index (χ3v) is 4.11. The molecular weight excluding hydrogens is 345 g/mol. The van der Waals surface area contributed by atoms with Gasteiger partial charge in [0, 0.05) is 6.54 Å². The van der Waals surface area contributed by atoms with Gasteiger partial charge in [-0.25, -0.2) is 4.68 Å². The lowest BCUT2D eigenvalue weighted by atomic mass is 10.2. The first kappa shape index (κ1) is 11.4. The van der Waals surface area contributed by atoms with E-state index in [0.717, 1.165) is 14.8 Å². The minimum Gasteiger partial charge on any atom is -0.237 e. The quantitative estimate of drug-likeness (QED) is 0.598. The second-order valence-corrected chi connectivity index (χ2v) is 4.73. The standard InChI is InChI=1S/C8H13BrIN3/c1-2-3-4-5-6-13-7(9)8(10)11-12-13/h2-6H2,1H3. The van der Waals surface area contributed by atoms with Gasteiger partial charge in [-0.05, 0) is 44.9 Å². The van der Waals surface area contributed by atoms with Crippen LogP contribution in [0, 0.1) is 3.70 Å². The van der Waals surface area contributed by atoms with Crippen LogP contribution in [0.4, 0.5) is 0 Å². The molecule has 0 amide bonds. The molecule has 0 aliphatic carbocycles. The Hall–Kier alpha value is 0.350. The molecule has 0 saturated heterocycles. The van der Waals surface area contributed by atoms with Crippen molar-refractivity contribution in [3.8, 4) is 0 Å². The smallest absolute Gasteiger partial charge is 0.157 e. The van der Waals surface area contributed by atoms with E-state index in [1.54, 1.807) is 0 Å². The molecule has 0 fully saturated rings. The average molecular weight is 358 g/mol. The molecule has 74 valence electrons. The molecular formula is C8H13BrIN3. The highest BCUT2D eigenvalue weighted by atomic mass is 127. The summed E-state index contributed by atoms with van der Waals surface area (Å²) < 4.78 is 3.86. The fraction of sp³-hybridized carbons (Fsp3) is 0.750. The van der Waals surface area contributed by atoms with Crippen molar-refractivity contribution in [2.75, 3.05) is 0 Å². The van der Waals surface area contributed by atoms with Gasteiger partial charge < -0.3 is 0 Å². The lowest BCUT2D eigenvalue weighted by Crippen LogP contribution is -2.00. The second-order valence-electron chi connectivity index (χ2n) is 2.95. The molecule has 0 unspecified atom stereocenters. The number of halogens is 2. The number of hydrogen-bond acceptors (Lipinski definition) is 2. The van der Waals surface area contributed by atoms with Gasteiger partial charge in [0.1, 0.15) is 4.60 Å². The molecule has 0 aliphatic rings. The summed E-state index contributed by atoms with van der Waals surface area (Å²) >= 11 is 5.62. The molecule has 1 aromatic rings. The van der Waals surface area contributed by atoms with Crippen molar-refractivity contribution in [1.29, 1.82) is 0 Å². The lowest BCUT2D eigenvalue weighted by molar-refractivity contribution is 0.520. The summed E-state index contributed by atoms with van der Waals surface area (Å²) in [4.78, 5) is 0. The summed E-state index contributed by atoms with van der Waals surface area (Å²) in [6, 6.07) is 0. The van der Waals surface area contributed by atoms with Crippen molar-refractivity contribution < 1.29 is 0 Å². The van der Waals surface area contributed by atoms with E-state index in [1.807, 2.05) is 4.68 Å². The normalized spacial score (nSPS) is 10.7. The van der Waals surface area contributed by atoms with Crippen LogP contribution < -0.4 is 0 Å². The van der Waals surface area contributed by atoms with Crippen LogP contribution in [0.15, 0.2) is 4.60 Å². The number of aromatic nitrogens is 3. The van der Waals surface area contributed by atoms with Crippen LogP contribution in [0.2, 0.25) is 0 Å². The van der Waals surface area contributed by atoms with Crippen molar-refractivity contribution in [3.63, 3.8) is 0 Å². The molecule has 3 nitrogen and oxygen atoms in total. The van der Waals surface area contributed by atoms with Gasteiger partial charge >= 0.3 is 0 Å². The molecule has 1 rings (SSSR count). The van der Waals surface area contributed by atoms with E-state index < -0.39 is 0 Å². The summed E-state index contributed by atoms with van der Waals surface area (Å²) in [7, 11) is 0. The summed E-state index contributed by atoms with van der Waals surface area (Å²) in [5.74, 6) is 0. The fourth-order valence-electron chi connectivity index (χ4n) is 1.11. The van der Waals surface area contributed by atoms with Gasteiger partial charge in [0.25, 0.3) is 0 Å². The van der Waals surface area contributed by atoms with Gasteiger partial charge in [-0.15, -0.1) is 5.10 Å². The zero-order valence-electron chi connectivity index (χ0n) is 7.63. The van der Waals surface area contributed by atoms with Gasteiger partial charge in [0.2, 0.25) is 0 Å². The molecule has 0 bridgehead atoms. The third kappa shape index (κ3) is 3.53. The third-order valence-electron chi connectivity index (χ3n) is 1.86. The molecule has 0 spiro atoms. The maximum Gasteiger partial charge on any atom is 0.157 e. The van der Waals surface area contributed by atoms with Crippen LogP contribution in [-0.4, -0.2) is 15.0 Å². The Labute approximate surface area is 101 Å². The topological polar surface area (TPSA) is 30.7 Å². The van der Waals surface area contributed by atoms with Gasteiger partial charge in [0.15, 0.2) is 3.70 Å². The zero-order chi connectivity index (χ0) is 9.68. The molecule has 0 radical (unpaired) electrons. The Bertz CT molecular complexity index is 262. The van der Waals surface area contributed by atoms with Crippen molar-refractivity contribution in [2.24, 2.45) is 0 Å². The highest BCUT2D eigenvalue weighted by molar-refractivity contribution is 14.1.